The van der Waals surface area contributed by atoms with Crippen molar-refractivity contribution in [1.29, 1.82) is 0 Å². The summed E-state index contributed by atoms with van der Waals surface area (Å²) in [6.07, 6.45) is 4.30. The number of aromatic amines is 1. The van der Waals surface area contributed by atoms with E-state index in [2.05, 4.69) is 46.5 Å². The third-order valence-corrected chi connectivity index (χ3v) is 3.57. The van der Waals surface area contributed by atoms with Gasteiger partial charge in [-0.25, -0.2) is 0 Å². The molecule has 2 heterocycles. The standard InChI is InChI=1S/C16H19N3/c1-3-4-8-18-12-5-6-15-14(10-12)13-7-9-17-11(2)16(13)19-15/h5-7,9-10,18-19H,3-4,8H2,1-2H3. The van der Waals surface area contributed by atoms with Gasteiger partial charge < -0.3 is 10.3 Å². The summed E-state index contributed by atoms with van der Waals surface area (Å²) in [5, 5.41) is 5.99. The van der Waals surface area contributed by atoms with E-state index in [-0.39, 0.29) is 0 Å². The normalized spacial score (nSPS) is 11.3. The molecule has 3 heteroatoms. The highest BCUT2D eigenvalue weighted by Gasteiger charge is 2.07. The minimum Gasteiger partial charge on any atom is -0.385 e. The van der Waals surface area contributed by atoms with Crippen LogP contribution in [-0.2, 0) is 0 Å². The fourth-order valence-corrected chi connectivity index (χ4v) is 2.48. The van der Waals surface area contributed by atoms with Crippen LogP contribution in [0.2, 0.25) is 0 Å². The molecule has 19 heavy (non-hydrogen) atoms. The quantitative estimate of drug-likeness (QED) is 0.683. The molecule has 2 aromatic heterocycles. The molecule has 0 atom stereocenters. The largest absolute Gasteiger partial charge is 0.385 e. The third kappa shape index (κ3) is 2.16. The molecule has 0 saturated carbocycles. The second kappa shape index (κ2) is 4.92. The van der Waals surface area contributed by atoms with Gasteiger partial charge in [-0.1, -0.05) is 13.3 Å². The van der Waals surface area contributed by atoms with Crippen molar-refractivity contribution < 1.29 is 0 Å². The van der Waals surface area contributed by atoms with Crippen LogP contribution in [0.3, 0.4) is 0 Å². The fourth-order valence-electron chi connectivity index (χ4n) is 2.48. The van der Waals surface area contributed by atoms with Gasteiger partial charge in [-0.05, 0) is 37.6 Å². The lowest BCUT2D eigenvalue weighted by Crippen LogP contribution is -2.00. The number of aromatic nitrogens is 2. The number of H-pyrrole nitrogens is 1. The Morgan fingerprint density at radius 2 is 2.11 bits per heavy atom. The van der Waals surface area contributed by atoms with Gasteiger partial charge in [0.05, 0.1) is 11.2 Å². The van der Waals surface area contributed by atoms with E-state index in [1.165, 1.54) is 34.8 Å². The van der Waals surface area contributed by atoms with Crippen LogP contribution in [-0.4, -0.2) is 16.5 Å². The third-order valence-electron chi connectivity index (χ3n) is 3.57. The summed E-state index contributed by atoms with van der Waals surface area (Å²) in [7, 11) is 0. The van der Waals surface area contributed by atoms with Gasteiger partial charge in [-0.2, -0.15) is 0 Å². The molecule has 2 N–H and O–H groups in total. The van der Waals surface area contributed by atoms with Gasteiger partial charge in [-0.15, -0.1) is 0 Å². The molecule has 3 rings (SSSR count). The van der Waals surface area contributed by atoms with Crippen LogP contribution in [0.1, 0.15) is 25.5 Å². The minimum atomic E-state index is 1.03. The van der Waals surface area contributed by atoms with Crippen molar-refractivity contribution in [3.8, 4) is 0 Å². The Hall–Kier alpha value is -2.03. The van der Waals surface area contributed by atoms with E-state index >= 15 is 0 Å². The first-order chi connectivity index (χ1) is 9.29. The van der Waals surface area contributed by atoms with E-state index < -0.39 is 0 Å². The van der Waals surface area contributed by atoms with Crippen molar-refractivity contribution >= 4 is 27.5 Å². The Balaban J connectivity index is 2.06. The number of hydrogen-bond acceptors (Lipinski definition) is 2. The molecule has 0 unspecified atom stereocenters. The van der Waals surface area contributed by atoms with Gasteiger partial charge in [0.25, 0.3) is 0 Å². The van der Waals surface area contributed by atoms with Gasteiger partial charge in [-0.3, -0.25) is 4.98 Å². The zero-order valence-electron chi connectivity index (χ0n) is 11.5. The van der Waals surface area contributed by atoms with Crippen LogP contribution < -0.4 is 5.32 Å². The van der Waals surface area contributed by atoms with Gasteiger partial charge in [0, 0.05) is 34.7 Å². The first kappa shape index (κ1) is 12.0. The molecule has 0 aliphatic heterocycles. The number of fused-ring (bicyclic) bond motifs is 3. The van der Waals surface area contributed by atoms with Crippen LogP contribution >= 0.6 is 0 Å². The predicted octanol–water partition coefficient (Wildman–Crippen LogP) is 4.24. The van der Waals surface area contributed by atoms with Crippen molar-refractivity contribution in [2.24, 2.45) is 0 Å². The number of aryl methyl sites for hydroxylation is 1. The number of unbranched alkanes of at least 4 members (excludes halogenated alkanes) is 1. The first-order valence-corrected chi connectivity index (χ1v) is 6.90. The predicted molar refractivity (Wildman–Crippen MR) is 81.7 cm³/mol. The number of benzene rings is 1. The maximum Gasteiger partial charge on any atom is 0.0681 e. The zero-order valence-corrected chi connectivity index (χ0v) is 11.5. The number of nitrogens with one attached hydrogen (secondary N) is 2. The Labute approximate surface area is 113 Å². The van der Waals surface area contributed by atoms with Crippen molar-refractivity contribution in [2.75, 3.05) is 11.9 Å². The molecule has 0 aliphatic carbocycles. The minimum absolute atomic E-state index is 1.03. The maximum atomic E-state index is 4.34. The molecule has 0 amide bonds. The molecule has 3 nitrogen and oxygen atoms in total. The Kier molecular flexibility index (Phi) is 3.11. The number of hydrogen-bond donors (Lipinski definition) is 2. The second-order valence-electron chi connectivity index (χ2n) is 4.98. The summed E-state index contributed by atoms with van der Waals surface area (Å²) in [6, 6.07) is 8.58. The van der Waals surface area contributed by atoms with Crippen molar-refractivity contribution in [2.45, 2.75) is 26.7 Å². The summed E-state index contributed by atoms with van der Waals surface area (Å²) in [6.45, 7) is 5.28. The number of anilines is 1. The van der Waals surface area contributed by atoms with Crippen molar-refractivity contribution in [1.82, 2.24) is 9.97 Å². The first-order valence-electron chi connectivity index (χ1n) is 6.90. The summed E-state index contributed by atoms with van der Waals surface area (Å²) in [5.74, 6) is 0. The Morgan fingerprint density at radius 1 is 1.21 bits per heavy atom. The molecule has 0 fully saturated rings. The number of rotatable bonds is 4. The average Bonchev–Trinajstić information content (AvgIpc) is 2.79. The van der Waals surface area contributed by atoms with Gasteiger partial charge >= 0.3 is 0 Å². The van der Waals surface area contributed by atoms with Gasteiger partial charge in [0.15, 0.2) is 0 Å². The lowest BCUT2D eigenvalue weighted by Gasteiger charge is -2.05. The molecule has 0 saturated heterocycles. The number of nitrogens with zero attached hydrogens (tertiary/aromatic N) is 1. The molecule has 3 aromatic rings. The summed E-state index contributed by atoms with van der Waals surface area (Å²) in [5.41, 5.74) is 4.56. The average molecular weight is 253 g/mol. The Morgan fingerprint density at radius 3 is 2.95 bits per heavy atom. The number of pyridine rings is 1. The van der Waals surface area contributed by atoms with E-state index in [9.17, 15) is 0 Å². The van der Waals surface area contributed by atoms with Crippen LogP contribution in [0.4, 0.5) is 5.69 Å². The van der Waals surface area contributed by atoms with Gasteiger partial charge in [0.2, 0.25) is 0 Å². The molecule has 0 spiro atoms. The summed E-state index contributed by atoms with van der Waals surface area (Å²) in [4.78, 5) is 7.79. The highest BCUT2D eigenvalue weighted by atomic mass is 14.9. The monoisotopic (exact) mass is 253 g/mol. The van der Waals surface area contributed by atoms with E-state index in [1.807, 2.05) is 13.1 Å². The van der Waals surface area contributed by atoms with Crippen LogP contribution in [0.5, 0.6) is 0 Å². The zero-order chi connectivity index (χ0) is 13.2. The van der Waals surface area contributed by atoms with Crippen LogP contribution in [0, 0.1) is 6.92 Å². The highest BCUT2D eigenvalue weighted by Crippen LogP contribution is 2.28. The second-order valence-corrected chi connectivity index (χ2v) is 4.98. The lowest BCUT2D eigenvalue weighted by molar-refractivity contribution is 0.834. The van der Waals surface area contributed by atoms with E-state index in [0.29, 0.717) is 0 Å². The molecule has 0 radical (unpaired) electrons. The lowest BCUT2D eigenvalue weighted by atomic mass is 10.1. The molecule has 0 bridgehead atoms. The highest BCUT2D eigenvalue weighted by molar-refractivity contribution is 6.08. The Bertz CT molecular complexity index is 712. The summed E-state index contributed by atoms with van der Waals surface area (Å²) < 4.78 is 0. The SMILES string of the molecule is CCCCNc1ccc2[nH]c3c(C)nccc3c2c1. The van der Waals surface area contributed by atoms with Crippen LogP contribution in [0.15, 0.2) is 30.5 Å². The molecule has 98 valence electrons. The van der Waals surface area contributed by atoms with Crippen molar-refractivity contribution in [3.05, 3.63) is 36.2 Å². The van der Waals surface area contributed by atoms with E-state index in [1.54, 1.807) is 0 Å². The van der Waals surface area contributed by atoms with Crippen LogP contribution in [0.25, 0.3) is 21.8 Å². The van der Waals surface area contributed by atoms with E-state index in [4.69, 9.17) is 0 Å². The fraction of sp³-hybridized carbons (Fsp3) is 0.312. The molecule has 1 aromatic carbocycles. The molecular formula is C16H19N3. The maximum absolute atomic E-state index is 4.34. The van der Waals surface area contributed by atoms with Crippen molar-refractivity contribution in [3.63, 3.8) is 0 Å². The van der Waals surface area contributed by atoms with E-state index in [0.717, 1.165) is 17.8 Å². The topological polar surface area (TPSA) is 40.7 Å². The molecule has 0 aliphatic rings. The molecular weight excluding hydrogens is 234 g/mol. The smallest absolute Gasteiger partial charge is 0.0681 e. The summed E-state index contributed by atoms with van der Waals surface area (Å²) >= 11 is 0. The van der Waals surface area contributed by atoms with Gasteiger partial charge in [0.1, 0.15) is 0 Å².